The molecule has 0 amide bonds. The lowest BCUT2D eigenvalue weighted by molar-refractivity contribution is 0.223. The summed E-state index contributed by atoms with van der Waals surface area (Å²) < 4.78 is 10.9. The molecule has 3 unspecified atom stereocenters. The smallest absolute Gasteiger partial charge is 0.247 e. The molecule has 3 rings (SSSR count). The van der Waals surface area contributed by atoms with Gasteiger partial charge in [0.25, 0.3) is 0 Å². The van der Waals surface area contributed by atoms with E-state index in [1.165, 1.54) is 19.3 Å². The molecule has 23 heavy (non-hydrogen) atoms. The summed E-state index contributed by atoms with van der Waals surface area (Å²) >= 11 is 0. The summed E-state index contributed by atoms with van der Waals surface area (Å²) in [6.07, 6.45) is 3.81. The van der Waals surface area contributed by atoms with Crippen molar-refractivity contribution in [1.29, 1.82) is 0 Å². The van der Waals surface area contributed by atoms with Gasteiger partial charge in [0.05, 0.1) is 13.7 Å². The second-order valence-corrected chi connectivity index (χ2v) is 6.61. The maximum absolute atomic E-state index is 5.77. The molecule has 2 aromatic rings. The van der Waals surface area contributed by atoms with E-state index in [0.29, 0.717) is 30.3 Å². The zero-order chi connectivity index (χ0) is 16.2. The van der Waals surface area contributed by atoms with Crippen LogP contribution in [-0.4, -0.2) is 23.3 Å². The van der Waals surface area contributed by atoms with E-state index < -0.39 is 0 Å². The van der Waals surface area contributed by atoms with Crippen LogP contribution in [0.2, 0.25) is 0 Å². The maximum Gasteiger partial charge on any atom is 0.247 e. The molecule has 0 aliphatic heterocycles. The molecule has 124 valence electrons. The van der Waals surface area contributed by atoms with Crippen LogP contribution in [0.25, 0.3) is 11.5 Å². The molecule has 0 saturated heterocycles. The summed E-state index contributed by atoms with van der Waals surface area (Å²) in [5.74, 6) is 3.54. The minimum Gasteiger partial charge on any atom is -0.497 e. The number of methoxy groups -OCH3 is 1. The van der Waals surface area contributed by atoms with Gasteiger partial charge in [-0.2, -0.15) is 0 Å². The zero-order valence-corrected chi connectivity index (χ0v) is 14.1. The van der Waals surface area contributed by atoms with E-state index in [9.17, 15) is 0 Å². The Morgan fingerprint density at radius 1 is 1.17 bits per heavy atom. The van der Waals surface area contributed by atoms with Gasteiger partial charge < -0.3 is 14.5 Å². The molecule has 3 atom stereocenters. The molecule has 1 heterocycles. The molecule has 1 N–H and O–H groups in total. The highest BCUT2D eigenvalue weighted by Crippen LogP contribution is 2.29. The van der Waals surface area contributed by atoms with Gasteiger partial charge in [-0.1, -0.05) is 13.8 Å². The molecule has 0 bridgehead atoms. The fourth-order valence-corrected chi connectivity index (χ4v) is 3.36. The van der Waals surface area contributed by atoms with E-state index >= 15 is 0 Å². The number of hydrogen-bond acceptors (Lipinski definition) is 5. The number of nitrogens with one attached hydrogen (secondary N) is 1. The fourth-order valence-electron chi connectivity index (χ4n) is 3.36. The third-order valence-electron chi connectivity index (χ3n) is 4.75. The lowest BCUT2D eigenvalue weighted by atomic mass is 9.80. The highest BCUT2D eigenvalue weighted by atomic mass is 16.5. The Balaban J connectivity index is 1.58. The van der Waals surface area contributed by atoms with Gasteiger partial charge in [0, 0.05) is 11.6 Å². The third-order valence-corrected chi connectivity index (χ3v) is 4.75. The van der Waals surface area contributed by atoms with Crippen LogP contribution in [0.3, 0.4) is 0 Å². The summed E-state index contributed by atoms with van der Waals surface area (Å²) in [7, 11) is 1.65. The third kappa shape index (κ3) is 3.91. The van der Waals surface area contributed by atoms with Crippen molar-refractivity contribution < 1.29 is 9.15 Å². The van der Waals surface area contributed by atoms with Crippen LogP contribution in [0.4, 0.5) is 0 Å². The molecular weight excluding hydrogens is 290 g/mol. The Labute approximate surface area is 137 Å². The van der Waals surface area contributed by atoms with Crippen molar-refractivity contribution in [3.8, 4) is 17.2 Å². The highest BCUT2D eigenvalue weighted by molar-refractivity contribution is 5.53. The van der Waals surface area contributed by atoms with Gasteiger partial charge in [0.1, 0.15) is 5.75 Å². The van der Waals surface area contributed by atoms with E-state index in [4.69, 9.17) is 9.15 Å². The molecule has 1 aromatic heterocycles. The molecule has 1 aliphatic carbocycles. The van der Waals surface area contributed by atoms with Crippen LogP contribution in [0.5, 0.6) is 5.75 Å². The summed E-state index contributed by atoms with van der Waals surface area (Å²) in [6, 6.07) is 8.18. The van der Waals surface area contributed by atoms with Crippen LogP contribution < -0.4 is 10.1 Å². The Morgan fingerprint density at radius 3 is 2.65 bits per heavy atom. The molecule has 1 aliphatic rings. The SMILES string of the molecule is COc1ccc(-c2nnc(CNC3CCC(C)CC3C)o2)cc1. The summed E-state index contributed by atoms with van der Waals surface area (Å²) in [6.45, 7) is 5.29. The second-order valence-electron chi connectivity index (χ2n) is 6.61. The van der Waals surface area contributed by atoms with Crippen molar-refractivity contribution in [2.45, 2.75) is 45.7 Å². The Bertz CT molecular complexity index is 623. The van der Waals surface area contributed by atoms with Crippen molar-refractivity contribution >= 4 is 0 Å². The molecule has 1 aromatic carbocycles. The lowest BCUT2D eigenvalue weighted by Gasteiger charge is -2.32. The number of rotatable bonds is 5. The number of ether oxygens (including phenoxy) is 1. The predicted molar refractivity (Wildman–Crippen MR) is 89.1 cm³/mol. The molecular formula is C18H25N3O2. The normalized spacial score (nSPS) is 24.6. The van der Waals surface area contributed by atoms with Crippen molar-refractivity contribution in [1.82, 2.24) is 15.5 Å². The predicted octanol–water partition coefficient (Wildman–Crippen LogP) is 3.66. The first-order valence-electron chi connectivity index (χ1n) is 8.36. The molecule has 5 heteroatoms. The van der Waals surface area contributed by atoms with E-state index in [1.54, 1.807) is 7.11 Å². The van der Waals surface area contributed by atoms with Gasteiger partial charge in [-0.15, -0.1) is 10.2 Å². The summed E-state index contributed by atoms with van der Waals surface area (Å²) in [5.41, 5.74) is 0.907. The zero-order valence-electron chi connectivity index (χ0n) is 14.1. The number of hydrogen-bond donors (Lipinski definition) is 1. The van der Waals surface area contributed by atoms with Gasteiger partial charge in [-0.05, 0) is 55.4 Å². The Morgan fingerprint density at radius 2 is 1.96 bits per heavy atom. The van der Waals surface area contributed by atoms with E-state index in [-0.39, 0.29) is 0 Å². The maximum atomic E-state index is 5.77. The molecule has 0 spiro atoms. The standard InChI is InChI=1S/C18H25N3O2/c1-12-4-9-16(13(2)10-12)19-11-17-20-21-18(23-17)14-5-7-15(22-3)8-6-14/h5-8,12-13,16,19H,4,9-11H2,1-3H3. The number of aromatic nitrogens is 2. The van der Waals surface area contributed by atoms with Gasteiger partial charge in [0.15, 0.2) is 0 Å². The monoisotopic (exact) mass is 315 g/mol. The molecule has 1 saturated carbocycles. The van der Waals surface area contributed by atoms with Crippen molar-refractivity contribution in [2.24, 2.45) is 11.8 Å². The van der Waals surface area contributed by atoms with Crippen LogP contribution in [-0.2, 0) is 6.54 Å². The summed E-state index contributed by atoms with van der Waals surface area (Å²) in [4.78, 5) is 0. The van der Waals surface area contributed by atoms with Crippen molar-refractivity contribution in [3.05, 3.63) is 30.2 Å². The molecule has 5 nitrogen and oxygen atoms in total. The first-order valence-corrected chi connectivity index (χ1v) is 8.36. The average molecular weight is 315 g/mol. The quantitative estimate of drug-likeness (QED) is 0.912. The topological polar surface area (TPSA) is 60.2 Å². The van der Waals surface area contributed by atoms with Crippen LogP contribution in [0, 0.1) is 11.8 Å². The summed E-state index contributed by atoms with van der Waals surface area (Å²) in [5, 5.41) is 11.9. The highest BCUT2D eigenvalue weighted by Gasteiger charge is 2.25. The Hall–Kier alpha value is -1.88. The second kappa shape index (κ2) is 7.13. The van der Waals surface area contributed by atoms with Crippen LogP contribution in [0.15, 0.2) is 28.7 Å². The van der Waals surface area contributed by atoms with Crippen LogP contribution in [0.1, 0.15) is 39.0 Å². The van der Waals surface area contributed by atoms with E-state index in [2.05, 4.69) is 29.4 Å². The molecule has 0 radical (unpaired) electrons. The fraction of sp³-hybridized carbons (Fsp3) is 0.556. The minimum absolute atomic E-state index is 0.544. The lowest BCUT2D eigenvalue weighted by Crippen LogP contribution is -2.38. The van der Waals surface area contributed by atoms with Gasteiger partial charge in [0.2, 0.25) is 11.8 Å². The minimum atomic E-state index is 0.544. The Kier molecular flexibility index (Phi) is 4.96. The van der Waals surface area contributed by atoms with Gasteiger partial charge in [-0.3, -0.25) is 0 Å². The first-order chi connectivity index (χ1) is 11.2. The van der Waals surface area contributed by atoms with Gasteiger partial charge in [-0.25, -0.2) is 0 Å². The average Bonchev–Trinajstić information content (AvgIpc) is 3.03. The largest absolute Gasteiger partial charge is 0.497 e. The number of nitrogens with zero attached hydrogens (tertiary/aromatic N) is 2. The van der Waals surface area contributed by atoms with E-state index in [0.717, 1.165) is 17.2 Å². The van der Waals surface area contributed by atoms with Crippen LogP contribution >= 0.6 is 0 Å². The van der Waals surface area contributed by atoms with E-state index in [1.807, 2.05) is 24.3 Å². The van der Waals surface area contributed by atoms with Crippen molar-refractivity contribution in [3.63, 3.8) is 0 Å². The molecule has 1 fully saturated rings. The number of benzene rings is 1. The first kappa shape index (κ1) is 16.0. The van der Waals surface area contributed by atoms with Gasteiger partial charge >= 0.3 is 0 Å². The van der Waals surface area contributed by atoms with Crippen molar-refractivity contribution in [2.75, 3.05) is 7.11 Å².